The van der Waals surface area contributed by atoms with E-state index in [1.165, 1.54) is 13.2 Å². The van der Waals surface area contributed by atoms with E-state index in [4.69, 9.17) is 18.0 Å². The lowest BCUT2D eigenvalue weighted by atomic mass is 10.2. The van der Waals surface area contributed by atoms with Crippen LogP contribution in [0.5, 0.6) is 0 Å². The molecule has 0 aromatic heterocycles. The van der Waals surface area contributed by atoms with Crippen LogP contribution in [0.25, 0.3) is 0 Å². The van der Waals surface area contributed by atoms with Gasteiger partial charge in [-0.3, -0.25) is 4.79 Å². The van der Waals surface area contributed by atoms with E-state index in [9.17, 15) is 9.18 Å². The number of hydrogen-bond acceptors (Lipinski definition) is 4. The first-order valence-electron chi connectivity index (χ1n) is 5.06. The van der Waals surface area contributed by atoms with E-state index in [1.54, 1.807) is 6.07 Å². The maximum atomic E-state index is 13.9. The number of nitrogens with one attached hydrogen (secondary N) is 1. The molecule has 0 heterocycles. The zero-order chi connectivity index (χ0) is 13.7. The average Bonchev–Trinajstić information content (AvgIpc) is 2.33. The number of methoxy groups -OCH3 is 1. The highest BCUT2D eigenvalue weighted by Gasteiger charge is 2.12. The van der Waals surface area contributed by atoms with Gasteiger partial charge >= 0.3 is 5.97 Å². The Balaban J connectivity index is 2.77. The molecule has 0 spiro atoms. The van der Waals surface area contributed by atoms with Crippen LogP contribution in [-0.4, -0.2) is 24.6 Å². The summed E-state index contributed by atoms with van der Waals surface area (Å²) in [6, 6.07) is 3.13. The van der Waals surface area contributed by atoms with E-state index in [2.05, 4.69) is 26.0 Å². The third-order valence-electron chi connectivity index (χ3n) is 2.22. The number of hydrogen-bond donors (Lipinski definition) is 2. The summed E-state index contributed by atoms with van der Waals surface area (Å²) in [6.07, 6.45) is 0.157. The molecule has 0 aliphatic rings. The molecule has 3 N–H and O–H groups in total. The van der Waals surface area contributed by atoms with Gasteiger partial charge in [-0.05, 0) is 28.1 Å². The molecule has 1 rings (SSSR count). The molecule has 4 nitrogen and oxygen atoms in total. The maximum absolute atomic E-state index is 13.9. The lowest BCUT2D eigenvalue weighted by Gasteiger charge is -2.10. The molecule has 0 saturated heterocycles. The molecule has 1 aromatic carbocycles. The predicted octanol–water partition coefficient (Wildman–Crippen LogP) is 2.20. The highest BCUT2D eigenvalue weighted by atomic mass is 79.9. The van der Waals surface area contributed by atoms with Crippen molar-refractivity contribution in [2.24, 2.45) is 5.73 Å². The van der Waals surface area contributed by atoms with Gasteiger partial charge in [0.15, 0.2) is 5.82 Å². The van der Waals surface area contributed by atoms with Gasteiger partial charge in [-0.1, -0.05) is 12.2 Å². The van der Waals surface area contributed by atoms with Gasteiger partial charge in [-0.15, -0.1) is 0 Å². The number of anilines is 1. The van der Waals surface area contributed by atoms with Crippen LogP contribution >= 0.6 is 28.1 Å². The minimum absolute atomic E-state index is 0.113. The maximum Gasteiger partial charge on any atom is 0.307 e. The second-order valence-electron chi connectivity index (χ2n) is 3.41. The summed E-state index contributed by atoms with van der Waals surface area (Å²) in [4.78, 5) is 11.0. The van der Waals surface area contributed by atoms with E-state index in [1.807, 2.05) is 0 Å². The smallest absolute Gasteiger partial charge is 0.307 e. The first-order chi connectivity index (χ1) is 8.47. The van der Waals surface area contributed by atoms with E-state index < -0.39 is 5.82 Å². The van der Waals surface area contributed by atoms with Gasteiger partial charge in [0.05, 0.1) is 23.7 Å². The number of esters is 1. The molecule has 0 aliphatic carbocycles. The van der Waals surface area contributed by atoms with Gasteiger partial charge in [-0.25, -0.2) is 4.39 Å². The largest absolute Gasteiger partial charge is 0.469 e. The van der Waals surface area contributed by atoms with Crippen molar-refractivity contribution in [1.29, 1.82) is 0 Å². The molecule has 1 aromatic rings. The quantitative estimate of drug-likeness (QED) is 0.638. The summed E-state index contributed by atoms with van der Waals surface area (Å²) >= 11 is 7.88. The van der Waals surface area contributed by atoms with E-state index in [-0.39, 0.29) is 34.1 Å². The Hall–Kier alpha value is -1.21. The molecule has 0 bridgehead atoms. The van der Waals surface area contributed by atoms with Crippen LogP contribution in [0.2, 0.25) is 0 Å². The summed E-state index contributed by atoms with van der Waals surface area (Å²) in [5, 5.41) is 2.80. The molecule has 7 heteroatoms. The number of ether oxygens (including phenoxy) is 1. The lowest BCUT2D eigenvalue weighted by Crippen LogP contribution is -2.13. The topological polar surface area (TPSA) is 64.3 Å². The molecule has 0 unspecified atom stereocenters. The highest BCUT2D eigenvalue weighted by molar-refractivity contribution is 9.10. The third-order valence-corrected chi connectivity index (χ3v) is 3.22. The van der Waals surface area contributed by atoms with Crippen LogP contribution in [-0.2, 0) is 9.53 Å². The summed E-state index contributed by atoms with van der Waals surface area (Å²) < 4.78 is 18.6. The first-order valence-corrected chi connectivity index (χ1v) is 6.26. The second kappa shape index (κ2) is 6.65. The van der Waals surface area contributed by atoms with Crippen LogP contribution < -0.4 is 11.1 Å². The van der Waals surface area contributed by atoms with E-state index in [0.717, 1.165) is 0 Å². The predicted molar refractivity (Wildman–Crippen MR) is 75.1 cm³/mol. The zero-order valence-corrected chi connectivity index (χ0v) is 12.0. The zero-order valence-electron chi connectivity index (χ0n) is 9.63. The lowest BCUT2D eigenvalue weighted by molar-refractivity contribution is -0.140. The number of halogens is 2. The Morgan fingerprint density at radius 2 is 2.28 bits per heavy atom. The number of benzene rings is 1. The Labute approximate surface area is 118 Å². The van der Waals surface area contributed by atoms with Crippen molar-refractivity contribution in [2.75, 3.05) is 19.0 Å². The molecule has 0 atom stereocenters. The number of carbonyl (C=O) groups excluding carboxylic acids is 1. The Morgan fingerprint density at radius 1 is 1.61 bits per heavy atom. The Kier molecular flexibility index (Phi) is 5.49. The average molecular weight is 335 g/mol. The summed E-state index contributed by atoms with van der Waals surface area (Å²) in [7, 11) is 1.30. The van der Waals surface area contributed by atoms with Crippen molar-refractivity contribution in [1.82, 2.24) is 0 Å². The third kappa shape index (κ3) is 3.64. The molecule has 0 saturated carbocycles. The SMILES string of the molecule is COC(=O)CCNc1ccc(C(N)=S)c(Br)c1F. The monoisotopic (exact) mass is 334 g/mol. The Morgan fingerprint density at radius 3 is 2.83 bits per heavy atom. The molecular weight excluding hydrogens is 323 g/mol. The standard InChI is InChI=1S/C11H12BrFN2O2S/c1-17-8(16)4-5-15-7-3-2-6(11(14)18)9(12)10(7)13/h2-3,15H,4-5H2,1H3,(H2,14,18). The second-order valence-corrected chi connectivity index (χ2v) is 4.64. The number of thiocarbonyl (C=S) groups is 1. The summed E-state index contributed by atoms with van der Waals surface area (Å²) in [5.41, 5.74) is 6.15. The minimum Gasteiger partial charge on any atom is -0.469 e. The molecule has 0 aliphatic heterocycles. The van der Waals surface area contributed by atoms with Gasteiger partial charge in [0.2, 0.25) is 0 Å². The molecule has 0 fully saturated rings. The van der Waals surface area contributed by atoms with E-state index >= 15 is 0 Å². The summed E-state index contributed by atoms with van der Waals surface area (Å²) in [6.45, 7) is 0.280. The Bertz CT molecular complexity index is 482. The van der Waals surface area contributed by atoms with Gasteiger partial charge in [-0.2, -0.15) is 0 Å². The summed E-state index contributed by atoms with van der Waals surface area (Å²) in [5.74, 6) is -0.855. The number of nitrogens with two attached hydrogens (primary N) is 1. The van der Waals surface area contributed by atoms with Crippen molar-refractivity contribution in [3.63, 3.8) is 0 Å². The van der Waals surface area contributed by atoms with E-state index in [0.29, 0.717) is 5.56 Å². The van der Waals surface area contributed by atoms with Gasteiger partial charge in [0.1, 0.15) is 4.99 Å². The van der Waals surface area contributed by atoms with Crippen molar-refractivity contribution in [2.45, 2.75) is 6.42 Å². The first kappa shape index (κ1) is 14.8. The van der Waals surface area contributed by atoms with Crippen LogP contribution in [0.1, 0.15) is 12.0 Å². The number of carbonyl (C=O) groups is 1. The van der Waals surface area contributed by atoms with Gasteiger partial charge in [0, 0.05) is 12.1 Å². The van der Waals surface area contributed by atoms with Crippen LogP contribution in [0.15, 0.2) is 16.6 Å². The molecule has 18 heavy (non-hydrogen) atoms. The van der Waals surface area contributed by atoms with Crippen molar-refractivity contribution in [3.05, 3.63) is 28.0 Å². The normalized spacial score (nSPS) is 9.94. The highest BCUT2D eigenvalue weighted by Crippen LogP contribution is 2.27. The van der Waals surface area contributed by atoms with Crippen LogP contribution in [0, 0.1) is 5.82 Å². The molecule has 0 amide bonds. The molecule has 98 valence electrons. The van der Waals surface area contributed by atoms with Crippen molar-refractivity contribution < 1.29 is 13.9 Å². The fourth-order valence-corrected chi connectivity index (χ4v) is 2.14. The van der Waals surface area contributed by atoms with Crippen LogP contribution in [0.4, 0.5) is 10.1 Å². The fraction of sp³-hybridized carbons (Fsp3) is 0.273. The van der Waals surface area contributed by atoms with Crippen molar-refractivity contribution >= 4 is 44.8 Å². The van der Waals surface area contributed by atoms with Crippen molar-refractivity contribution in [3.8, 4) is 0 Å². The molecule has 0 radical (unpaired) electrons. The van der Waals surface area contributed by atoms with Gasteiger partial charge < -0.3 is 15.8 Å². The minimum atomic E-state index is -0.495. The number of rotatable bonds is 5. The molecular formula is C11H12BrFN2O2S. The van der Waals surface area contributed by atoms with Crippen LogP contribution in [0.3, 0.4) is 0 Å². The van der Waals surface area contributed by atoms with Gasteiger partial charge in [0.25, 0.3) is 0 Å². The fourth-order valence-electron chi connectivity index (χ4n) is 1.28.